The van der Waals surface area contributed by atoms with Gasteiger partial charge in [0.05, 0.1) is 12.1 Å². The van der Waals surface area contributed by atoms with Crippen molar-refractivity contribution in [2.75, 3.05) is 6.54 Å². The van der Waals surface area contributed by atoms with E-state index >= 15 is 0 Å². The summed E-state index contributed by atoms with van der Waals surface area (Å²) in [7, 11) is 0. The third-order valence-electron chi connectivity index (χ3n) is 1.90. The number of rotatable bonds is 4. The summed E-state index contributed by atoms with van der Waals surface area (Å²) < 4.78 is 0. The Kier molecular flexibility index (Phi) is 3.51. The van der Waals surface area contributed by atoms with Crippen LogP contribution in [0.2, 0.25) is 0 Å². The van der Waals surface area contributed by atoms with Crippen molar-refractivity contribution < 1.29 is 5.11 Å². The molecular weight excluding hydrogens is 178 g/mol. The Hall–Kier alpha value is -1.51. The maximum Gasteiger partial charge on any atom is 0.0716 e. The number of hydrogen-bond acceptors (Lipinski definition) is 2. The van der Waals surface area contributed by atoms with Gasteiger partial charge in [0.2, 0.25) is 0 Å². The highest BCUT2D eigenvalue weighted by atomic mass is 16.3. The quantitative estimate of drug-likeness (QED) is 0.442. The molecule has 4 nitrogen and oxygen atoms in total. The molecule has 1 aromatic rings. The van der Waals surface area contributed by atoms with Crippen LogP contribution in [0.4, 0.5) is 0 Å². The molecule has 1 rings (SSSR count). The van der Waals surface area contributed by atoms with Crippen molar-refractivity contribution >= 4 is 0 Å². The Morgan fingerprint density at radius 1 is 1.43 bits per heavy atom. The molecule has 0 bridgehead atoms. The number of nitrogens with zero attached hydrogens (tertiary/aromatic N) is 3. The second-order valence-corrected chi connectivity index (χ2v) is 3.55. The lowest BCUT2D eigenvalue weighted by atomic mass is 9.97. The summed E-state index contributed by atoms with van der Waals surface area (Å²) in [6.45, 7) is 1.76. The lowest BCUT2D eigenvalue weighted by Gasteiger charge is -2.20. The van der Waals surface area contributed by atoms with Crippen LogP contribution in [0.15, 0.2) is 35.4 Å². The maximum atomic E-state index is 9.83. The molecule has 0 saturated carbocycles. The first-order valence-corrected chi connectivity index (χ1v) is 4.41. The zero-order chi connectivity index (χ0) is 10.4. The molecule has 0 radical (unpaired) electrons. The predicted octanol–water partition coefficient (Wildman–Crippen LogP) is 2.29. The molecular formula is C10H13N3O. The Bertz CT molecular complexity index is 328. The molecule has 1 N–H and O–H groups in total. The van der Waals surface area contributed by atoms with Crippen LogP contribution < -0.4 is 0 Å². The summed E-state index contributed by atoms with van der Waals surface area (Å²) in [5.74, 6) is 0. The molecule has 0 spiro atoms. The van der Waals surface area contributed by atoms with E-state index in [0.717, 1.165) is 5.56 Å². The van der Waals surface area contributed by atoms with E-state index in [4.69, 9.17) is 5.53 Å². The molecule has 1 atom stereocenters. The summed E-state index contributed by atoms with van der Waals surface area (Å²) >= 11 is 0. The van der Waals surface area contributed by atoms with E-state index in [-0.39, 0.29) is 6.54 Å². The van der Waals surface area contributed by atoms with Gasteiger partial charge < -0.3 is 5.11 Å². The minimum absolute atomic E-state index is 0.0956. The highest BCUT2D eigenvalue weighted by Gasteiger charge is 2.19. The molecule has 14 heavy (non-hydrogen) atoms. The SMILES string of the molecule is C[C@](O)(CN=[N+]=[N-])Cc1ccccc1. The highest BCUT2D eigenvalue weighted by molar-refractivity contribution is 5.16. The van der Waals surface area contributed by atoms with Gasteiger partial charge in [-0.3, -0.25) is 0 Å². The monoisotopic (exact) mass is 191 g/mol. The predicted molar refractivity (Wildman–Crippen MR) is 54.8 cm³/mol. The summed E-state index contributed by atoms with van der Waals surface area (Å²) in [5, 5.41) is 13.2. The summed E-state index contributed by atoms with van der Waals surface area (Å²) in [6, 6.07) is 9.62. The number of azide groups is 1. The minimum atomic E-state index is -0.965. The van der Waals surface area contributed by atoms with Gasteiger partial charge >= 0.3 is 0 Å². The highest BCUT2D eigenvalue weighted by Crippen LogP contribution is 2.13. The van der Waals surface area contributed by atoms with Crippen molar-refractivity contribution in [3.63, 3.8) is 0 Å². The fourth-order valence-corrected chi connectivity index (χ4v) is 1.28. The average molecular weight is 191 g/mol. The molecule has 0 aliphatic heterocycles. The fourth-order valence-electron chi connectivity index (χ4n) is 1.28. The molecule has 74 valence electrons. The normalized spacial score (nSPS) is 14.1. The third-order valence-corrected chi connectivity index (χ3v) is 1.90. The van der Waals surface area contributed by atoms with Crippen molar-refractivity contribution in [2.45, 2.75) is 18.9 Å². The van der Waals surface area contributed by atoms with Crippen LogP contribution in [0.3, 0.4) is 0 Å². The minimum Gasteiger partial charge on any atom is -0.390 e. The van der Waals surface area contributed by atoms with Gasteiger partial charge in [0.25, 0.3) is 0 Å². The van der Waals surface area contributed by atoms with Crippen LogP contribution in [-0.4, -0.2) is 17.3 Å². The lowest BCUT2D eigenvalue weighted by molar-refractivity contribution is 0.0698. The molecule has 0 saturated heterocycles. The number of benzene rings is 1. The van der Waals surface area contributed by atoms with Gasteiger partial charge in [0.1, 0.15) is 0 Å². The molecule has 1 aromatic carbocycles. The molecule has 0 amide bonds. The second kappa shape index (κ2) is 4.65. The standard InChI is InChI=1S/C10H13N3O/c1-10(14,8-12-13-11)7-9-5-3-2-4-6-9/h2-6,14H,7-8H2,1H3/t10-/m1/s1. The molecule has 0 aliphatic carbocycles. The van der Waals surface area contributed by atoms with Crippen LogP contribution in [0.1, 0.15) is 12.5 Å². The van der Waals surface area contributed by atoms with Crippen molar-refractivity contribution in [1.29, 1.82) is 0 Å². The molecule has 0 aromatic heterocycles. The van der Waals surface area contributed by atoms with E-state index < -0.39 is 5.60 Å². The zero-order valence-electron chi connectivity index (χ0n) is 8.09. The number of aliphatic hydroxyl groups is 1. The first-order valence-electron chi connectivity index (χ1n) is 4.41. The van der Waals surface area contributed by atoms with Crippen LogP contribution in [-0.2, 0) is 6.42 Å². The van der Waals surface area contributed by atoms with Crippen molar-refractivity contribution in [3.05, 3.63) is 46.3 Å². The third kappa shape index (κ3) is 3.47. The average Bonchev–Trinajstić information content (AvgIpc) is 2.16. The van der Waals surface area contributed by atoms with Gasteiger partial charge in [-0.25, -0.2) is 0 Å². The van der Waals surface area contributed by atoms with Crippen molar-refractivity contribution in [2.24, 2.45) is 5.11 Å². The Morgan fingerprint density at radius 3 is 2.64 bits per heavy atom. The molecule has 0 fully saturated rings. The first kappa shape index (κ1) is 10.6. The number of hydrogen-bond donors (Lipinski definition) is 1. The van der Waals surface area contributed by atoms with E-state index in [1.165, 1.54) is 0 Å². The van der Waals surface area contributed by atoms with Crippen molar-refractivity contribution in [1.82, 2.24) is 0 Å². The summed E-state index contributed by atoms with van der Waals surface area (Å²) in [6.07, 6.45) is 0.493. The van der Waals surface area contributed by atoms with Crippen molar-refractivity contribution in [3.8, 4) is 0 Å². The van der Waals surface area contributed by atoms with E-state index in [2.05, 4.69) is 10.0 Å². The van der Waals surface area contributed by atoms with Crippen LogP contribution in [0.5, 0.6) is 0 Å². The maximum absolute atomic E-state index is 9.83. The second-order valence-electron chi connectivity index (χ2n) is 3.55. The van der Waals surface area contributed by atoms with Crippen LogP contribution >= 0.6 is 0 Å². The van der Waals surface area contributed by atoms with E-state index in [1.807, 2.05) is 30.3 Å². The molecule has 0 unspecified atom stereocenters. The fraction of sp³-hybridized carbons (Fsp3) is 0.400. The zero-order valence-corrected chi connectivity index (χ0v) is 8.09. The molecule has 4 heteroatoms. The Balaban J connectivity index is 2.63. The van der Waals surface area contributed by atoms with E-state index in [0.29, 0.717) is 6.42 Å². The topological polar surface area (TPSA) is 69.0 Å². The van der Waals surface area contributed by atoms with E-state index in [9.17, 15) is 5.11 Å². The van der Waals surface area contributed by atoms with Gasteiger partial charge in [-0.2, -0.15) is 0 Å². The summed E-state index contributed by atoms with van der Waals surface area (Å²) in [5.41, 5.74) is 8.21. The van der Waals surface area contributed by atoms with E-state index in [1.54, 1.807) is 6.92 Å². The van der Waals surface area contributed by atoms with Gasteiger partial charge in [0.15, 0.2) is 0 Å². The van der Waals surface area contributed by atoms with Crippen LogP contribution in [0.25, 0.3) is 10.4 Å². The Morgan fingerprint density at radius 2 is 2.07 bits per heavy atom. The van der Waals surface area contributed by atoms with Gasteiger partial charge in [-0.15, -0.1) is 0 Å². The van der Waals surface area contributed by atoms with Gasteiger partial charge in [-0.05, 0) is 18.0 Å². The first-order chi connectivity index (χ1) is 6.64. The lowest BCUT2D eigenvalue weighted by Crippen LogP contribution is -2.30. The molecule has 0 aliphatic rings. The summed E-state index contributed by atoms with van der Waals surface area (Å²) in [4.78, 5) is 2.63. The largest absolute Gasteiger partial charge is 0.390 e. The van der Waals surface area contributed by atoms with Gasteiger partial charge in [-0.1, -0.05) is 35.4 Å². The smallest absolute Gasteiger partial charge is 0.0716 e. The van der Waals surface area contributed by atoms with Gasteiger partial charge in [0, 0.05) is 11.3 Å². The van der Waals surface area contributed by atoms with Crippen LogP contribution in [0, 0.1) is 0 Å². The Labute approximate surface area is 82.8 Å². The molecule has 0 heterocycles.